The van der Waals surface area contributed by atoms with Gasteiger partial charge in [-0.1, -0.05) is 11.1 Å². The van der Waals surface area contributed by atoms with Gasteiger partial charge in [-0.25, -0.2) is 0 Å². The van der Waals surface area contributed by atoms with Crippen molar-refractivity contribution in [3.63, 3.8) is 0 Å². The van der Waals surface area contributed by atoms with E-state index in [9.17, 15) is 9.90 Å². The lowest BCUT2D eigenvalue weighted by molar-refractivity contribution is -0.148. The molecule has 0 fully saturated rings. The molecule has 4 nitrogen and oxygen atoms in total. The predicted octanol–water partition coefficient (Wildman–Crippen LogP) is 0.260. The number of hydrogen-bond donors (Lipinski definition) is 3. The summed E-state index contributed by atoms with van der Waals surface area (Å²) in [6.07, 6.45) is -0.391. The van der Waals surface area contributed by atoms with Crippen molar-refractivity contribution in [2.75, 3.05) is 0 Å². The van der Waals surface area contributed by atoms with Gasteiger partial charge in [0.15, 0.2) is 0 Å². The first-order valence-corrected chi connectivity index (χ1v) is 4.23. The third kappa shape index (κ3) is 1.59. The van der Waals surface area contributed by atoms with E-state index in [0.29, 0.717) is 6.42 Å². The second kappa shape index (κ2) is 3.12. The second-order valence-electron chi connectivity index (χ2n) is 3.80. The van der Waals surface area contributed by atoms with Crippen LogP contribution in [0, 0.1) is 0 Å². The molecule has 1 aliphatic carbocycles. The van der Waals surface area contributed by atoms with Gasteiger partial charge >= 0.3 is 5.97 Å². The van der Waals surface area contributed by atoms with Crippen molar-refractivity contribution in [3.05, 3.63) is 11.1 Å². The Morgan fingerprint density at radius 1 is 1.54 bits per heavy atom. The molecule has 0 radical (unpaired) electrons. The van der Waals surface area contributed by atoms with Crippen molar-refractivity contribution in [1.29, 1.82) is 0 Å². The van der Waals surface area contributed by atoms with Gasteiger partial charge in [-0.2, -0.15) is 0 Å². The van der Waals surface area contributed by atoms with E-state index in [-0.39, 0.29) is 6.42 Å². The summed E-state index contributed by atoms with van der Waals surface area (Å²) in [6.45, 7) is 3.74. The summed E-state index contributed by atoms with van der Waals surface area (Å²) in [4.78, 5) is 10.8. The van der Waals surface area contributed by atoms with Crippen LogP contribution in [0.4, 0.5) is 0 Å². The molecule has 0 heterocycles. The lowest BCUT2D eigenvalue weighted by Crippen LogP contribution is -2.59. The third-order valence-corrected chi connectivity index (χ3v) is 2.78. The zero-order valence-electron chi connectivity index (χ0n) is 7.87. The van der Waals surface area contributed by atoms with Gasteiger partial charge in [0.1, 0.15) is 5.54 Å². The van der Waals surface area contributed by atoms with E-state index in [4.69, 9.17) is 10.8 Å². The van der Waals surface area contributed by atoms with Gasteiger partial charge in [-0.3, -0.25) is 4.79 Å². The maximum absolute atomic E-state index is 10.8. The van der Waals surface area contributed by atoms with Gasteiger partial charge in [-0.05, 0) is 26.7 Å². The molecule has 1 rings (SSSR count). The first-order valence-electron chi connectivity index (χ1n) is 4.23. The van der Waals surface area contributed by atoms with E-state index < -0.39 is 17.6 Å². The summed E-state index contributed by atoms with van der Waals surface area (Å²) >= 11 is 0. The number of nitrogens with two attached hydrogens (primary N) is 1. The maximum atomic E-state index is 10.8. The minimum absolute atomic E-state index is 0.231. The topological polar surface area (TPSA) is 83.6 Å². The molecule has 0 unspecified atom stereocenters. The van der Waals surface area contributed by atoms with Gasteiger partial charge in [0.05, 0.1) is 6.10 Å². The Labute approximate surface area is 77.1 Å². The van der Waals surface area contributed by atoms with Crippen LogP contribution in [0.15, 0.2) is 11.1 Å². The van der Waals surface area contributed by atoms with E-state index >= 15 is 0 Å². The number of aliphatic hydroxyl groups excluding tert-OH is 1. The molecular weight excluding hydrogens is 170 g/mol. The first kappa shape index (κ1) is 10.2. The normalized spacial score (nSPS) is 34.9. The molecule has 4 heteroatoms. The Morgan fingerprint density at radius 3 is 2.54 bits per heavy atom. The molecule has 0 saturated carbocycles. The lowest BCUT2D eigenvalue weighted by atomic mass is 9.77. The van der Waals surface area contributed by atoms with Gasteiger partial charge in [0.2, 0.25) is 0 Å². The van der Waals surface area contributed by atoms with Crippen molar-refractivity contribution in [2.45, 2.75) is 38.3 Å². The zero-order valence-corrected chi connectivity index (χ0v) is 7.87. The largest absolute Gasteiger partial charge is 0.480 e. The minimum Gasteiger partial charge on any atom is -0.480 e. The molecule has 0 spiro atoms. The highest BCUT2D eigenvalue weighted by Crippen LogP contribution is 2.31. The van der Waals surface area contributed by atoms with Gasteiger partial charge in [0.25, 0.3) is 0 Å². The summed E-state index contributed by atoms with van der Waals surface area (Å²) in [6, 6.07) is 0. The van der Waals surface area contributed by atoms with E-state index in [1.165, 1.54) is 0 Å². The Balaban J connectivity index is 2.99. The van der Waals surface area contributed by atoms with E-state index in [2.05, 4.69) is 0 Å². The summed E-state index contributed by atoms with van der Waals surface area (Å²) in [5, 5.41) is 18.4. The molecule has 0 aromatic rings. The van der Waals surface area contributed by atoms with Crippen molar-refractivity contribution >= 4 is 5.97 Å². The summed E-state index contributed by atoms with van der Waals surface area (Å²) < 4.78 is 0. The molecule has 0 saturated heterocycles. The fourth-order valence-electron chi connectivity index (χ4n) is 1.57. The van der Waals surface area contributed by atoms with E-state index in [1.54, 1.807) is 0 Å². The molecule has 0 aliphatic heterocycles. The summed E-state index contributed by atoms with van der Waals surface area (Å²) in [5.74, 6) is -1.13. The number of aliphatic carboxylic acids is 1. The van der Waals surface area contributed by atoms with Crippen molar-refractivity contribution in [1.82, 2.24) is 0 Å². The molecule has 4 N–H and O–H groups in total. The van der Waals surface area contributed by atoms with Gasteiger partial charge in [-0.15, -0.1) is 0 Å². The lowest BCUT2D eigenvalue weighted by Gasteiger charge is -2.35. The molecule has 0 bridgehead atoms. The molecule has 2 atom stereocenters. The molecular formula is C9H15NO3. The number of carboxylic acid groups (broad SMARTS) is 1. The van der Waals surface area contributed by atoms with E-state index in [0.717, 1.165) is 11.1 Å². The van der Waals surface area contributed by atoms with Crippen LogP contribution >= 0.6 is 0 Å². The monoisotopic (exact) mass is 185 g/mol. The van der Waals surface area contributed by atoms with Crippen LogP contribution in [0.3, 0.4) is 0 Å². The number of rotatable bonds is 1. The van der Waals surface area contributed by atoms with Crippen LogP contribution in [-0.4, -0.2) is 27.8 Å². The van der Waals surface area contributed by atoms with Crippen LogP contribution in [-0.2, 0) is 4.79 Å². The molecule has 74 valence electrons. The highest BCUT2D eigenvalue weighted by Gasteiger charge is 2.44. The van der Waals surface area contributed by atoms with Gasteiger partial charge < -0.3 is 15.9 Å². The third-order valence-electron chi connectivity index (χ3n) is 2.78. The maximum Gasteiger partial charge on any atom is 0.326 e. The zero-order chi connectivity index (χ0) is 10.2. The second-order valence-corrected chi connectivity index (χ2v) is 3.80. The Kier molecular flexibility index (Phi) is 2.45. The average molecular weight is 185 g/mol. The smallest absolute Gasteiger partial charge is 0.326 e. The minimum atomic E-state index is -1.50. The fraction of sp³-hybridized carbons (Fsp3) is 0.667. The summed E-state index contributed by atoms with van der Waals surface area (Å²) in [5.41, 5.74) is 6.12. The number of aliphatic hydroxyl groups is 1. The molecule has 0 aromatic carbocycles. The van der Waals surface area contributed by atoms with Crippen molar-refractivity contribution < 1.29 is 15.0 Å². The van der Waals surface area contributed by atoms with Crippen LogP contribution < -0.4 is 5.73 Å². The van der Waals surface area contributed by atoms with Crippen molar-refractivity contribution in [2.24, 2.45) is 5.73 Å². The summed E-state index contributed by atoms with van der Waals surface area (Å²) in [7, 11) is 0. The Bertz CT molecular complexity index is 272. The highest BCUT2D eigenvalue weighted by molar-refractivity contribution is 5.80. The number of carbonyl (C=O) groups is 1. The van der Waals surface area contributed by atoms with Crippen LogP contribution in [0.1, 0.15) is 26.7 Å². The molecule has 1 aliphatic rings. The first-order chi connectivity index (χ1) is 5.88. The standard InChI is InChI=1S/C9H15NO3/c1-5-3-7(11)9(10,8(12)13)4-6(5)2/h7,11H,3-4,10H2,1-2H3,(H,12,13)/t7-,9+/m1/s1. The molecule has 13 heavy (non-hydrogen) atoms. The molecule has 0 aromatic heterocycles. The van der Waals surface area contributed by atoms with Crippen LogP contribution in [0.5, 0.6) is 0 Å². The van der Waals surface area contributed by atoms with Crippen molar-refractivity contribution in [3.8, 4) is 0 Å². The fourth-order valence-corrected chi connectivity index (χ4v) is 1.57. The number of carboxylic acids is 1. The molecule has 0 amide bonds. The number of hydrogen-bond acceptors (Lipinski definition) is 3. The Morgan fingerprint density at radius 2 is 2.08 bits per heavy atom. The van der Waals surface area contributed by atoms with E-state index in [1.807, 2.05) is 13.8 Å². The highest BCUT2D eigenvalue weighted by atomic mass is 16.4. The van der Waals surface area contributed by atoms with Crippen LogP contribution in [0.2, 0.25) is 0 Å². The predicted molar refractivity (Wildman–Crippen MR) is 48.2 cm³/mol. The van der Waals surface area contributed by atoms with Crippen LogP contribution in [0.25, 0.3) is 0 Å². The SMILES string of the molecule is CC1=C(C)C[C@@](N)(C(=O)O)[C@H](O)C1. The average Bonchev–Trinajstić information content (AvgIpc) is 2.01. The quantitative estimate of drug-likeness (QED) is 0.512. The van der Waals surface area contributed by atoms with Gasteiger partial charge in [0, 0.05) is 0 Å². The Hall–Kier alpha value is -0.870.